The average molecular weight is 347 g/mol. The Labute approximate surface area is 152 Å². The number of carbonyl (C=O) groups excluding carboxylic acids is 1. The number of allylic oxidation sites excluding steroid dienone is 3. The van der Waals surface area contributed by atoms with Crippen molar-refractivity contribution in [3.8, 4) is 0 Å². The average Bonchev–Trinajstić information content (AvgIpc) is 2.47. The second-order valence-electron chi connectivity index (χ2n) is 9.50. The van der Waals surface area contributed by atoms with E-state index in [9.17, 15) is 9.90 Å². The second kappa shape index (κ2) is 6.26. The lowest BCUT2D eigenvalue weighted by molar-refractivity contribution is -0.145. The molecule has 25 heavy (non-hydrogen) atoms. The summed E-state index contributed by atoms with van der Waals surface area (Å²) in [4.78, 5) is 11.5. The first-order chi connectivity index (χ1) is 11.6. The van der Waals surface area contributed by atoms with Crippen LogP contribution in [-0.2, 0) is 9.53 Å². The summed E-state index contributed by atoms with van der Waals surface area (Å²) in [6.07, 6.45) is 6.87. The zero-order chi connectivity index (χ0) is 18.6. The third kappa shape index (κ3) is 3.09. The highest BCUT2D eigenvalue weighted by Crippen LogP contribution is 2.56. The maximum absolute atomic E-state index is 11.5. The van der Waals surface area contributed by atoms with Crippen molar-refractivity contribution in [2.24, 2.45) is 22.7 Å². The van der Waals surface area contributed by atoms with Gasteiger partial charge in [0.05, 0.1) is 6.10 Å². The predicted molar refractivity (Wildman–Crippen MR) is 100.0 cm³/mol. The van der Waals surface area contributed by atoms with E-state index in [0.29, 0.717) is 11.8 Å². The van der Waals surface area contributed by atoms with Crippen molar-refractivity contribution < 1.29 is 14.6 Å². The summed E-state index contributed by atoms with van der Waals surface area (Å²) in [6.45, 7) is 12.8. The van der Waals surface area contributed by atoms with E-state index in [-0.39, 0.29) is 29.0 Å². The van der Waals surface area contributed by atoms with Crippen molar-refractivity contribution in [2.75, 3.05) is 0 Å². The Bertz CT molecular complexity index is 627. The fourth-order valence-electron chi connectivity index (χ4n) is 5.99. The van der Waals surface area contributed by atoms with Gasteiger partial charge in [-0.05, 0) is 72.8 Å². The van der Waals surface area contributed by atoms with Gasteiger partial charge < -0.3 is 9.84 Å². The first-order valence-electron chi connectivity index (χ1n) is 9.84. The maximum atomic E-state index is 11.5. The number of aliphatic hydroxyl groups is 1. The van der Waals surface area contributed by atoms with Crippen molar-refractivity contribution in [2.45, 2.75) is 85.9 Å². The van der Waals surface area contributed by atoms with Crippen molar-refractivity contribution in [3.63, 3.8) is 0 Å². The predicted octanol–water partition coefficient (Wildman–Crippen LogP) is 4.80. The molecule has 3 nitrogen and oxygen atoms in total. The van der Waals surface area contributed by atoms with Gasteiger partial charge in [0.2, 0.25) is 0 Å². The van der Waals surface area contributed by atoms with Gasteiger partial charge in [-0.2, -0.15) is 0 Å². The summed E-state index contributed by atoms with van der Waals surface area (Å²) in [7, 11) is 0. The maximum Gasteiger partial charge on any atom is 0.303 e. The standard InChI is InChI=1S/C22H34O3/c1-13-7-8-16-11-17-14(2)19(25-15(3)23)9-10-22(17,6)12-18(24)20(13)21(16,4)5/h11,13,18-20,24H,7-10,12H2,1-6H3/b16-11-/t13-,18+,19+,20-,22+/m1/s1. The second-order valence-corrected chi connectivity index (χ2v) is 9.50. The molecule has 3 aliphatic rings. The van der Waals surface area contributed by atoms with Gasteiger partial charge >= 0.3 is 5.97 Å². The Kier molecular flexibility index (Phi) is 4.68. The van der Waals surface area contributed by atoms with Crippen molar-refractivity contribution in [1.29, 1.82) is 0 Å². The van der Waals surface area contributed by atoms with Gasteiger partial charge in [-0.1, -0.05) is 39.3 Å². The molecule has 2 bridgehead atoms. The lowest BCUT2D eigenvalue weighted by atomic mass is 9.54. The van der Waals surface area contributed by atoms with Crippen molar-refractivity contribution in [1.82, 2.24) is 0 Å². The molecule has 5 atom stereocenters. The number of aliphatic hydroxyl groups excluding tert-OH is 1. The first kappa shape index (κ1) is 18.7. The molecule has 0 unspecified atom stereocenters. The van der Waals surface area contributed by atoms with Gasteiger partial charge in [0.1, 0.15) is 6.10 Å². The van der Waals surface area contributed by atoms with Gasteiger partial charge in [-0.15, -0.1) is 0 Å². The number of carbonyl (C=O) groups is 1. The van der Waals surface area contributed by atoms with Gasteiger partial charge in [0, 0.05) is 6.92 Å². The van der Waals surface area contributed by atoms with E-state index in [0.717, 1.165) is 32.1 Å². The van der Waals surface area contributed by atoms with Crippen LogP contribution in [-0.4, -0.2) is 23.3 Å². The zero-order valence-electron chi connectivity index (χ0n) is 16.7. The number of hydrogen-bond donors (Lipinski definition) is 1. The van der Waals surface area contributed by atoms with E-state index in [2.05, 4.69) is 40.7 Å². The van der Waals surface area contributed by atoms with Gasteiger partial charge in [-0.3, -0.25) is 4.79 Å². The molecule has 0 spiro atoms. The lowest BCUT2D eigenvalue weighted by Crippen LogP contribution is -2.47. The monoisotopic (exact) mass is 346 g/mol. The molecule has 3 aliphatic carbocycles. The molecular weight excluding hydrogens is 312 g/mol. The molecule has 0 aromatic carbocycles. The summed E-state index contributed by atoms with van der Waals surface area (Å²) in [5, 5.41) is 11.2. The third-order valence-electron chi connectivity index (χ3n) is 7.36. The molecule has 1 saturated carbocycles. The molecule has 0 saturated heterocycles. The molecule has 140 valence electrons. The number of hydrogen-bond acceptors (Lipinski definition) is 3. The minimum atomic E-state index is -0.285. The van der Waals surface area contributed by atoms with Gasteiger partial charge in [0.25, 0.3) is 0 Å². The number of esters is 1. The largest absolute Gasteiger partial charge is 0.458 e. The molecule has 1 N–H and O–H groups in total. The fourth-order valence-corrected chi connectivity index (χ4v) is 5.99. The minimum Gasteiger partial charge on any atom is -0.458 e. The van der Waals surface area contributed by atoms with Crippen LogP contribution in [0, 0.1) is 22.7 Å². The molecule has 0 amide bonds. The van der Waals surface area contributed by atoms with E-state index in [1.165, 1.54) is 23.6 Å². The van der Waals surface area contributed by atoms with Crippen LogP contribution in [0.2, 0.25) is 0 Å². The Morgan fingerprint density at radius 3 is 2.60 bits per heavy atom. The Morgan fingerprint density at radius 1 is 1.28 bits per heavy atom. The molecule has 0 radical (unpaired) electrons. The molecule has 0 aromatic rings. The van der Waals surface area contributed by atoms with Crippen LogP contribution in [0.15, 0.2) is 22.8 Å². The van der Waals surface area contributed by atoms with Gasteiger partial charge in [-0.25, -0.2) is 0 Å². The highest BCUT2D eigenvalue weighted by molar-refractivity contribution is 5.66. The van der Waals surface area contributed by atoms with Crippen LogP contribution in [0.1, 0.15) is 73.6 Å². The molecule has 0 heterocycles. The van der Waals surface area contributed by atoms with E-state index in [4.69, 9.17) is 4.74 Å². The Hall–Kier alpha value is -1.09. The van der Waals surface area contributed by atoms with E-state index in [1.807, 2.05) is 0 Å². The van der Waals surface area contributed by atoms with Crippen molar-refractivity contribution in [3.05, 3.63) is 22.8 Å². The highest BCUT2D eigenvalue weighted by atomic mass is 16.5. The molecule has 0 aromatic heterocycles. The SMILES string of the molecule is CC(=O)O[C@H]1CC[C@@]2(C)C[C@H](O)[C@H]3[C@H](C)CC/C(=C/C2=C1C)C3(C)C. The summed E-state index contributed by atoms with van der Waals surface area (Å²) in [5.41, 5.74) is 3.92. The van der Waals surface area contributed by atoms with E-state index >= 15 is 0 Å². The normalized spacial score (nSPS) is 42.6. The Morgan fingerprint density at radius 2 is 1.96 bits per heavy atom. The fraction of sp³-hybridized carbons (Fsp3) is 0.773. The van der Waals surface area contributed by atoms with Crippen LogP contribution in [0.5, 0.6) is 0 Å². The molecular formula is C22H34O3. The summed E-state index contributed by atoms with van der Waals surface area (Å²) >= 11 is 0. The lowest BCUT2D eigenvalue weighted by Gasteiger charge is -2.52. The van der Waals surface area contributed by atoms with Crippen LogP contribution in [0.3, 0.4) is 0 Å². The summed E-state index contributed by atoms with van der Waals surface area (Å²) in [6, 6.07) is 0. The number of fused-ring (bicyclic) bond motifs is 3. The van der Waals surface area contributed by atoms with Gasteiger partial charge in [0.15, 0.2) is 0 Å². The van der Waals surface area contributed by atoms with Crippen LogP contribution in [0.4, 0.5) is 0 Å². The molecule has 1 fully saturated rings. The third-order valence-corrected chi connectivity index (χ3v) is 7.36. The number of rotatable bonds is 1. The smallest absolute Gasteiger partial charge is 0.303 e. The van der Waals surface area contributed by atoms with Crippen LogP contribution < -0.4 is 0 Å². The highest BCUT2D eigenvalue weighted by Gasteiger charge is 2.49. The molecule has 3 rings (SSSR count). The van der Waals surface area contributed by atoms with Crippen molar-refractivity contribution >= 4 is 5.97 Å². The van der Waals surface area contributed by atoms with Crippen LogP contribution in [0.25, 0.3) is 0 Å². The summed E-state index contributed by atoms with van der Waals surface area (Å²) < 4.78 is 5.58. The van der Waals surface area contributed by atoms with Crippen LogP contribution >= 0.6 is 0 Å². The Balaban J connectivity index is 2.13. The molecule has 3 heteroatoms. The first-order valence-corrected chi connectivity index (χ1v) is 9.84. The minimum absolute atomic E-state index is 0.0140. The number of ether oxygens (including phenoxy) is 1. The van der Waals surface area contributed by atoms with E-state index in [1.54, 1.807) is 0 Å². The molecule has 0 aliphatic heterocycles. The van der Waals surface area contributed by atoms with E-state index < -0.39 is 0 Å². The zero-order valence-corrected chi connectivity index (χ0v) is 16.7. The topological polar surface area (TPSA) is 46.5 Å². The quantitative estimate of drug-likeness (QED) is 0.694. The summed E-state index contributed by atoms with van der Waals surface area (Å²) in [5.74, 6) is 0.658.